The van der Waals surface area contributed by atoms with Crippen LogP contribution in [-0.4, -0.2) is 76.3 Å². The van der Waals surface area contributed by atoms with Crippen LogP contribution in [-0.2, 0) is 74.6 Å². The van der Waals surface area contributed by atoms with Crippen LogP contribution in [0.1, 0.15) is 0 Å². The van der Waals surface area contributed by atoms with Gasteiger partial charge in [0.15, 0.2) is 11.5 Å². The zero-order valence-corrected chi connectivity index (χ0v) is 35.9. The third kappa shape index (κ3) is 9.76. The minimum Gasteiger partial charge on any atom is -0.744 e. The van der Waals surface area contributed by atoms with E-state index in [9.17, 15) is 62.1 Å². The van der Waals surface area contributed by atoms with Crippen molar-refractivity contribution in [3.8, 4) is 34.1 Å². The van der Waals surface area contributed by atoms with E-state index in [2.05, 4.69) is 20.5 Å². The van der Waals surface area contributed by atoms with Crippen LogP contribution >= 0.6 is 0 Å². The van der Waals surface area contributed by atoms with Crippen molar-refractivity contribution < 1.29 is 106 Å². The second-order valence-electron chi connectivity index (χ2n) is 12.4. The van der Waals surface area contributed by atoms with Gasteiger partial charge in [0.2, 0.25) is 0 Å². The van der Waals surface area contributed by atoms with Gasteiger partial charge in [-0.3, -0.25) is 0 Å². The van der Waals surface area contributed by atoms with Crippen molar-refractivity contribution in [3.63, 3.8) is 0 Å². The number of anilines is 2. The number of phenolic OH excluding ortho intramolecular Hbond substituents is 2. The molecule has 0 saturated carbocycles. The van der Waals surface area contributed by atoms with Crippen molar-refractivity contribution in [2.24, 2.45) is 20.5 Å². The summed E-state index contributed by atoms with van der Waals surface area (Å²) in [5.41, 5.74) is 9.88. The van der Waals surface area contributed by atoms with Gasteiger partial charge in [0.25, 0.3) is 0 Å². The number of benzene rings is 6. The van der Waals surface area contributed by atoms with Crippen LogP contribution in [0.5, 0.6) is 23.0 Å². The molecule has 6 aromatic rings. The fraction of sp³-hybridized carbons (Fsp3) is 0.0588. The van der Waals surface area contributed by atoms with E-state index in [1.54, 1.807) is 0 Å². The Balaban J connectivity index is 0.00000422. The molecular formula is C34H24Cu2N6O16S4. The summed E-state index contributed by atoms with van der Waals surface area (Å²) in [6.07, 6.45) is 0. The number of azo groups is 2. The maximum atomic E-state index is 12.2. The fourth-order valence-corrected chi connectivity index (χ4v) is 8.31. The molecule has 332 valence electrons. The summed E-state index contributed by atoms with van der Waals surface area (Å²) in [4.78, 5) is -3.93. The summed E-state index contributed by atoms with van der Waals surface area (Å²) < 4.78 is 153. The average molecular weight is 1030 g/mol. The van der Waals surface area contributed by atoms with Crippen molar-refractivity contribution >= 4 is 96.1 Å². The van der Waals surface area contributed by atoms with Crippen LogP contribution in [0, 0.1) is 0 Å². The summed E-state index contributed by atoms with van der Waals surface area (Å²) >= 11 is 0. The largest absolute Gasteiger partial charge is 2.00 e. The second-order valence-corrected chi connectivity index (χ2v) is 17.8. The van der Waals surface area contributed by atoms with Gasteiger partial charge in [0, 0.05) is 22.1 Å². The Hall–Kier alpha value is -5.48. The summed E-state index contributed by atoms with van der Waals surface area (Å²) in [6.45, 7) is 0. The van der Waals surface area contributed by atoms with Crippen molar-refractivity contribution in [3.05, 3.63) is 72.8 Å². The summed E-state index contributed by atoms with van der Waals surface area (Å²) in [5, 5.41) is 36.0. The van der Waals surface area contributed by atoms with Crippen LogP contribution in [0.2, 0.25) is 0 Å². The van der Waals surface area contributed by atoms with E-state index in [0.29, 0.717) is 23.3 Å². The van der Waals surface area contributed by atoms with E-state index in [1.807, 2.05) is 0 Å². The monoisotopic (exact) mass is 1030 g/mol. The zero-order chi connectivity index (χ0) is 44.3. The number of nitrogen functional groups attached to an aromatic ring is 2. The van der Waals surface area contributed by atoms with E-state index >= 15 is 0 Å². The molecule has 0 aliphatic rings. The number of hydrogen-bond donors (Lipinski definition) is 4. The first-order valence-electron chi connectivity index (χ1n) is 16.1. The fourth-order valence-electron chi connectivity index (χ4n) is 5.93. The molecule has 62 heavy (non-hydrogen) atoms. The number of nitrogens with two attached hydrogens (primary N) is 2. The minimum atomic E-state index is -5.40. The Labute approximate surface area is 372 Å². The molecule has 22 nitrogen and oxygen atoms in total. The van der Waals surface area contributed by atoms with Crippen LogP contribution < -0.4 is 20.9 Å². The Morgan fingerprint density at radius 3 is 1.13 bits per heavy atom. The van der Waals surface area contributed by atoms with E-state index in [1.165, 1.54) is 50.6 Å². The van der Waals surface area contributed by atoms with Crippen molar-refractivity contribution in [1.82, 2.24) is 0 Å². The second kappa shape index (κ2) is 17.7. The number of rotatable bonds is 11. The minimum absolute atomic E-state index is 0. The molecule has 0 aromatic heterocycles. The molecule has 6 rings (SSSR count). The number of nitrogens with zero attached hydrogens (tertiary/aromatic N) is 4. The molecule has 0 aliphatic heterocycles. The SMILES string of the molecule is COc1cc(-c2ccc(N=Nc3c(S(=O)(=O)[O-])cc4cc(S(=O)(=O)[O-])cc(N)c4c3O)c(OC)c2)ccc1N=Nc1c(S(=O)(=O)[O-])cc2cc(S(=O)(=O)[O-])cc(N)c2c1O.[Cu+2].[Cu+2]. The number of fused-ring (bicyclic) bond motifs is 2. The molecule has 0 unspecified atom stereocenters. The van der Waals surface area contributed by atoms with Crippen LogP contribution in [0.3, 0.4) is 0 Å². The van der Waals surface area contributed by atoms with Gasteiger partial charge in [-0.1, -0.05) is 12.1 Å². The number of hydrogen-bond acceptors (Lipinski definition) is 22. The van der Waals surface area contributed by atoms with Crippen LogP contribution in [0.15, 0.2) is 113 Å². The van der Waals surface area contributed by atoms with Crippen LogP contribution in [0.25, 0.3) is 32.7 Å². The first-order valence-corrected chi connectivity index (χ1v) is 21.7. The molecule has 28 heteroatoms. The van der Waals surface area contributed by atoms with Gasteiger partial charge < -0.3 is 49.4 Å². The Bertz CT molecular complexity index is 3130. The first kappa shape index (κ1) is 49.2. The predicted octanol–water partition coefficient (Wildman–Crippen LogP) is 4.70. The normalized spacial score (nSPS) is 12.4. The van der Waals surface area contributed by atoms with Gasteiger partial charge in [0.1, 0.15) is 74.7 Å². The molecule has 0 fully saturated rings. The van der Waals surface area contributed by atoms with Gasteiger partial charge in [-0.15, -0.1) is 20.5 Å². The molecule has 0 atom stereocenters. The van der Waals surface area contributed by atoms with E-state index in [0.717, 1.165) is 24.3 Å². The smallest absolute Gasteiger partial charge is 0.744 e. The number of phenols is 2. The zero-order valence-electron chi connectivity index (χ0n) is 30.7. The number of methoxy groups -OCH3 is 2. The molecule has 0 spiro atoms. The molecule has 2 radical (unpaired) electrons. The van der Waals surface area contributed by atoms with Gasteiger partial charge in [0.05, 0.1) is 33.8 Å². The summed E-state index contributed by atoms with van der Waals surface area (Å²) in [7, 11) is -18.5. The topological polar surface area (TPSA) is 389 Å². The Morgan fingerprint density at radius 2 is 0.839 bits per heavy atom. The third-order valence-corrected chi connectivity index (χ3v) is 12.0. The maximum Gasteiger partial charge on any atom is 2.00 e. The van der Waals surface area contributed by atoms with Gasteiger partial charge >= 0.3 is 34.1 Å². The Kier molecular flexibility index (Phi) is 14.1. The first-order chi connectivity index (χ1) is 27.8. The molecule has 0 bridgehead atoms. The average Bonchev–Trinajstić information content (AvgIpc) is 3.14. The van der Waals surface area contributed by atoms with Gasteiger partial charge in [-0.2, -0.15) is 0 Å². The van der Waals surface area contributed by atoms with E-state index < -0.39 is 94.3 Å². The predicted molar refractivity (Wildman–Crippen MR) is 205 cm³/mol. The summed E-state index contributed by atoms with van der Waals surface area (Å²) in [5.74, 6) is -1.88. The maximum absolute atomic E-state index is 12.2. The molecule has 0 amide bonds. The van der Waals surface area contributed by atoms with Gasteiger partial charge in [-0.25, -0.2) is 33.7 Å². The van der Waals surface area contributed by atoms with Crippen molar-refractivity contribution in [2.45, 2.75) is 19.6 Å². The van der Waals surface area contributed by atoms with Crippen LogP contribution in [0.4, 0.5) is 34.1 Å². The molecule has 0 saturated heterocycles. The summed E-state index contributed by atoms with van der Waals surface area (Å²) in [6, 6.07) is 12.9. The molecule has 6 aromatic carbocycles. The quantitative estimate of drug-likeness (QED) is 0.0591. The molecule has 0 heterocycles. The third-order valence-electron chi connectivity index (χ3n) is 8.63. The molecular weight excluding hydrogens is 1000 g/mol. The molecule has 0 aliphatic carbocycles. The van der Waals surface area contributed by atoms with Crippen molar-refractivity contribution in [1.29, 1.82) is 0 Å². The van der Waals surface area contributed by atoms with E-state index in [4.69, 9.17) is 20.9 Å². The number of ether oxygens (including phenoxy) is 2. The standard InChI is InChI=1S/C34H28N6O16S4.2Cu/c1-55-25-9-15(3-5-23(25)37-39-31-27(59(49,50)51)11-17-7-19(57(43,44)45)13-21(35)29(17)33(31)41)16-4-6-24(26(10-16)56-2)38-40-32-28(60(52,53)54)12-18-8-20(58(46,47)48)14-22(36)30(18)34(32)42;;/h3-14,41-42H,35-36H2,1-2H3,(H,43,44,45)(H,46,47,48)(H,49,50,51)(H,52,53,54);;/q;2*+2/p-4. The number of aromatic hydroxyl groups is 2. The van der Waals surface area contributed by atoms with Crippen molar-refractivity contribution in [2.75, 3.05) is 25.7 Å². The van der Waals surface area contributed by atoms with Gasteiger partial charge in [-0.05, 0) is 82.6 Å². The Morgan fingerprint density at radius 1 is 0.500 bits per heavy atom. The van der Waals surface area contributed by atoms with E-state index in [-0.39, 0.29) is 78.6 Å². The molecule has 6 N–H and O–H groups in total.